The normalized spacial score (nSPS) is 30.0. The molecule has 17 heavy (non-hydrogen) atoms. The monoisotopic (exact) mass is 251 g/mol. The summed E-state index contributed by atoms with van der Waals surface area (Å²) in [5.41, 5.74) is 1.32. The minimum absolute atomic E-state index is 0.569. The molecule has 94 valence electrons. The molecule has 0 aromatic carbocycles. The van der Waals surface area contributed by atoms with Crippen LogP contribution in [-0.4, -0.2) is 36.1 Å². The van der Waals surface area contributed by atoms with Crippen LogP contribution in [0.1, 0.15) is 36.0 Å². The lowest BCUT2D eigenvalue weighted by Gasteiger charge is -2.26. The van der Waals surface area contributed by atoms with E-state index >= 15 is 0 Å². The van der Waals surface area contributed by atoms with Crippen LogP contribution < -0.4 is 5.32 Å². The van der Waals surface area contributed by atoms with E-state index in [1.54, 1.807) is 11.3 Å². The van der Waals surface area contributed by atoms with E-state index in [4.69, 9.17) is 4.98 Å². The molecule has 2 unspecified atom stereocenters. The van der Waals surface area contributed by atoms with E-state index in [-0.39, 0.29) is 0 Å². The van der Waals surface area contributed by atoms with E-state index < -0.39 is 0 Å². The molecular weight excluding hydrogens is 230 g/mol. The summed E-state index contributed by atoms with van der Waals surface area (Å²) in [6.07, 6.45) is 4.11. The van der Waals surface area contributed by atoms with E-state index in [1.807, 2.05) is 0 Å². The number of aryl methyl sites for hydroxylation is 1. The first-order chi connectivity index (χ1) is 8.29. The highest BCUT2D eigenvalue weighted by atomic mass is 32.1. The predicted octanol–water partition coefficient (Wildman–Crippen LogP) is 2.20. The number of rotatable bonds is 4. The Labute approximate surface area is 107 Å². The standard InChI is InChI=1S/C13H21N3S/c1-9-15-12(8-17-9)13-10(7-14-2)5-6-16(13)11-3-4-11/h8,10-11,13-14H,3-7H2,1-2H3. The summed E-state index contributed by atoms with van der Waals surface area (Å²) < 4.78 is 0. The molecule has 2 fully saturated rings. The maximum absolute atomic E-state index is 4.73. The van der Waals surface area contributed by atoms with E-state index in [1.165, 1.54) is 36.5 Å². The molecule has 0 radical (unpaired) electrons. The summed E-state index contributed by atoms with van der Waals surface area (Å²) in [4.78, 5) is 7.44. The molecule has 1 aliphatic heterocycles. The zero-order valence-corrected chi connectivity index (χ0v) is 11.5. The maximum atomic E-state index is 4.73. The summed E-state index contributed by atoms with van der Waals surface area (Å²) >= 11 is 1.79. The van der Waals surface area contributed by atoms with Crippen molar-refractivity contribution in [1.82, 2.24) is 15.2 Å². The van der Waals surface area contributed by atoms with E-state index in [9.17, 15) is 0 Å². The molecule has 3 nitrogen and oxygen atoms in total. The second kappa shape index (κ2) is 4.67. The van der Waals surface area contributed by atoms with Crippen LogP contribution in [0.3, 0.4) is 0 Å². The summed E-state index contributed by atoms with van der Waals surface area (Å²) in [6.45, 7) is 4.49. The minimum atomic E-state index is 0.569. The Hall–Kier alpha value is -0.450. The molecule has 2 heterocycles. The molecule has 0 bridgehead atoms. The van der Waals surface area contributed by atoms with Crippen molar-refractivity contribution in [2.45, 2.75) is 38.3 Å². The van der Waals surface area contributed by atoms with Crippen molar-refractivity contribution in [3.8, 4) is 0 Å². The lowest BCUT2D eigenvalue weighted by Crippen LogP contribution is -2.31. The van der Waals surface area contributed by atoms with Gasteiger partial charge in [-0.2, -0.15) is 0 Å². The smallest absolute Gasteiger partial charge is 0.0898 e. The van der Waals surface area contributed by atoms with Gasteiger partial charge in [-0.15, -0.1) is 11.3 Å². The Kier molecular flexibility index (Phi) is 3.19. The first kappa shape index (κ1) is 11.6. The average Bonchev–Trinajstić information content (AvgIpc) is 2.94. The van der Waals surface area contributed by atoms with Gasteiger partial charge in [0, 0.05) is 11.4 Å². The highest BCUT2D eigenvalue weighted by Gasteiger charge is 2.43. The van der Waals surface area contributed by atoms with Gasteiger partial charge in [0.2, 0.25) is 0 Å². The van der Waals surface area contributed by atoms with Crippen LogP contribution >= 0.6 is 11.3 Å². The lowest BCUT2D eigenvalue weighted by molar-refractivity contribution is 0.213. The third kappa shape index (κ3) is 2.26. The van der Waals surface area contributed by atoms with E-state index in [2.05, 4.69) is 29.6 Å². The van der Waals surface area contributed by atoms with Crippen LogP contribution in [0.5, 0.6) is 0 Å². The second-order valence-corrected chi connectivity index (χ2v) is 6.37. The van der Waals surface area contributed by atoms with Crippen molar-refractivity contribution in [2.24, 2.45) is 5.92 Å². The molecule has 4 heteroatoms. The first-order valence-corrected chi connectivity index (χ1v) is 7.50. The van der Waals surface area contributed by atoms with Gasteiger partial charge in [-0.1, -0.05) is 0 Å². The number of nitrogens with zero attached hydrogens (tertiary/aromatic N) is 2. The third-order valence-electron chi connectivity index (χ3n) is 3.98. The molecular formula is C13H21N3S. The van der Waals surface area contributed by atoms with Crippen LogP contribution in [0.4, 0.5) is 0 Å². The zero-order chi connectivity index (χ0) is 11.8. The second-order valence-electron chi connectivity index (χ2n) is 5.31. The summed E-state index contributed by atoms with van der Waals surface area (Å²) in [5.74, 6) is 0.738. The topological polar surface area (TPSA) is 28.2 Å². The minimum Gasteiger partial charge on any atom is -0.319 e. The van der Waals surface area contributed by atoms with Gasteiger partial charge in [0.25, 0.3) is 0 Å². The highest BCUT2D eigenvalue weighted by Crippen LogP contribution is 2.43. The van der Waals surface area contributed by atoms with Crippen LogP contribution in [0.25, 0.3) is 0 Å². The summed E-state index contributed by atoms with van der Waals surface area (Å²) in [5, 5.41) is 6.81. The molecule has 0 amide bonds. The van der Waals surface area contributed by atoms with Crippen molar-refractivity contribution < 1.29 is 0 Å². The molecule has 3 rings (SSSR count). The summed E-state index contributed by atoms with van der Waals surface area (Å²) in [7, 11) is 2.06. The number of hydrogen-bond donors (Lipinski definition) is 1. The lowest BCUT2D eigenvalue weighted by atomic mass is 9.98. The fourth-order valence-corrected chi connectivity index (χ4v) is 3.74. The SMILES string of the molecule is CNCC1CCN(C2CC2)C1c1csc(C)n1. The molecule has 1 aromatic heterocycles. The number of aromatic nitrogens is 1. The van der Waals surface area contributed by atoms with Crippen LogP contribution in [0, 0.1) is 12.8 Å². The fourth-order valence-electron chi connectivity index (χ4n) is 3.10. The molecule has 1 aliphatic carbocycles. The van der Waals surface area contributed by atoms with Gasteiger partial charge in [-0.25, -0.2) is 4.98 Å². The molecule has 1 saturated heterocycles. The van der Waals surface area contributed by atoms with E-state index in [0.717, 1.165) is 18.5 Å². The highest BCUT2D eigenvalue weighted by molar-refractivity contribution is 7.09. The summed E-state index contributed by atoms with van der Waals surface area (Å²) in [6, 6.07) is 1.42. The number of likely N-dealkylation sites (tertiary alicyclic amines) is 1. The third-order valence-corrected chi connectivity index (χ3v) is 4.78. The Balaban J connectivity index is 1.83. The van der Waals surface area contributed by atoms with Crippen molar-refractivity contribution in [3.63, 3.8) is 0 Å². The Morgan fingerprint density at radius 2 is 2.29 bits per heavy atom. The van der Waals surface area contributed by atoms with Gasteiger partial charge in [-0.3, -0.25) is 4.90 Å². The maximum Gasteiger partial charge on any atom is 0.0898 e. The fraction of sp³-hybridized carbons (Fsp3) is 0.769. The van der Waals surface area contributed by atoms with Gasteiger partial charge in [0.05, 0.1) is 16.7 Å². The van der Waals surface area contributed by atoms with Crippen molar-refractivity contribution in [1.29, 1.82) is 0 Å². The molecule has 1 N–H and O–H groups in total. The Bertz CT molecular complexity index is 386. The molecule has 1 aromatic rings. The van der Waals surface area contributed by atoms with Crippen molar-refractivity contribution >= 4 is 11.3 Å². The van der Waals surface area contributed by atoms with Gasteiger partial charge in [0.15, 0.2) is 0 Å². The van der Waals surface area contributed by atoms with Crippen LogP contribution in [0.15, 0.2) is 5.38 Å². The predicted molar refractivity (Wildman–Crippen MR) is 71.4 cm³/mol. The number of hydrogen-bond acceptors (Lipinski definition) is 4. The number of thiazole rings is 1. The number of nitrogens with one attached hydrogen (secondary N) is 1. The molecule has 0 spiro atoms. The molecule has 1 saturated carbocycles. The largest absolute Gasteiger partial charge is 0.319 e. The van der Waals surface area contributed by atoms with Crippen molar-refractivity contribution in [3.05, 3.63) is 16.1 Å². The zero-order valence-electron chi connectivity index (χ0n) is 10.6. The van der Waals surface area contributed by atoms with Crippen molar-refractivity contribution in [2.75, 3.05) is 20.1 Å². The van der Waals surface area contributed by atoms with Gasteiger partial charge in [0.1, 0.15) is 0 Å². The quantitative estimate of drug-likeness (QED) is 0.889. The van der Waals surface area contributed by atoms with Crippen LogP contribution in [-0.2, 0) is 0 Å². The van der Waals surface area contributed by atoms with Gasteiger partial charge < -0.3 is 5.32 Å². The van der Waals surface area contributed by atoms with Crippen LogP contribution in [0.2, 0.25) is 0 Å². The molecule has 2 atom stereocenters. The first-order valence-electron chi connectivity index (χ1n) is 6.62. The van der Waals surface area contributed by atoms with Gasteiger partial charge in [-0.05, 0) is 52.2 Å². The average molecular weight is 251 g/mol. The van der Waals surface area contributed by atoms with E-state index in [0.29, 0.717) is 6.04 Å². The Morgan fingerprint density at radius 3 is 2.88 bits per heavy atom. The molecule has 2 aliphatic rings. The van der Waals surface area contributed by atoms with Gasteiger partial charge >= 0.3 is 0 Å². The Morgan fingerprint density at radius 1 is 1.47 bits per heavy atom.